The lowest BCUT2D eigenvalue weighted by molar-refractivity contribution is -0.0259. The number of pyridine rings is 1. The number of carbonyl (C=O) groups is 1. The predicted molar refractivity (Wildman–Crippen MR) is 167 cm³/mol. The normalized spacial score (nSPS) is 21.6. The van der Waals surface area contributed by atoms with Crippen LogP contribution in [0.25, 0.3) is 0 Å². The van der Waals surface area contributed by atoms with E-state index in [9.17, 15) is 13.2 Å². The zero-order valence-electron chi connectivity index (χ0n) is 25.2. The Morgan fingerprint density at radius 3 is 2.49 bits per heavy atom. The molecule has 3 aliphatic heterocycles. The number of carbonyl (C=O) groups excluding carboxylic acids is 1. The number of anilines is 3. The molecule has 1 unspecified atom stereocenters. The number of nitrogens with one attached hydrogen (secondary N) is 2. The van der Waals surface area contributed by atoms with Crippen LogP contribution in [0.2, 0.25) is 0 Å². The number of rotatable bonds is 7. The van der Waals surface area contributed by atoms with E-state index in [0.717, 1.165) is 63.1 Å². The number of aryl methyl sites for hydroxylation is 2. The van der Waals surface area contributed by atoms with E-state index in [4.69, 9.17) is 4.98 Å². The first-order chi connectivity index (χ1) is 20.5. The first-order valence-electron chi connectivity index (χ1n) is 14.9. The highest BCUT2D eigenvalue weighted by Crippen LogP contribution is 2.31. The molecule has 12 heteroatoms. The third kappa shape index (κ3) is 6.81. The van der Waals surface area contributed by atoms with Crippen molar-refractivity contribution in [1.29, 1.82) is 0 Å². The van der Waals surface area contributed by atoms with Gasteiger partial charge in [-0.25, -0.2) is 23.4 Å². The smallest absolute Gasteiger partial charge is 0.254 e. The quantitative estimate of drug-likeness (QED) is 0.418. The molecule has 2 atom stereocenters. The van der Waals surface area contributed by atoms with E-state index in [1.165, 1.54) is 29.0 Å². The molecule has 0 aliphatic carbocycles. The average molecular weight is 605 g/mol. The molecule has 3 aliphatic rings. The van der Waals surface area contributed by atoms with Gasteiger partial charge in [0, 0.05) is 86.5 Å². The van der Waals surface area contributed by atoms with Crippen LogP contribution in [0.1, 0.15) is 52.5 Å². The fourth-order valence-electron chi connectivity index (χ4n) is 6.66. The molecule has 3 aromatic rings. The summed E-state index contributed by atoms with van der Waals surface area (Å²) in [5.74, 6) is 0.720. The molecular formula is C31H40N8O3S. The molecule has 0 saturated carbocycles. The Labute approximate surface area is 253 Å². The van der Waals surface area contributed by atoms with Crippen molar-refractivity contribution in [2.24, 2.45) is 0 Å². The molecule has 2 saturated heterocycles. The number of sulfonamides is 1. The standard InChI is InChI=1S/C31H40N8O3S/c1-20-11-21(2)13-25(12-20)34-31-33-16-24-17-37(9-7-28(24)35-31)27-18-38(19-27)26-6-10-39(22(3)14-26)30(40)23-5-8-32-29(15-23)36-43(4,41)42/h5,8,11-13,15-16,22,26-27H,6-7,9-10,14,17-19H2,1-4H3,(H,32,36)(H,33,34,35)/t22-,26?/m1/s1. The SMILES string of the molecule is Cc1cc(C)cc(Nc2ncc3c(n2)CCN(C2CN(C4CCN(C(=O)c5ccnc(NS(C)(=O)=O)c5)[C@H](C)C4)C2)C3)c1. The van der Waals surface area contributed by atoms with E-state index < -0.39 is 10.0 Å². The summed E-state index contributed by atoms with van der Waals surface area (Å²) < 4.78 is 25.5. The van der Waals surface area contributed by atoms with E-state index >= 15 is 0 Å². The molecule has 0 spiro atoms. The summed E-state index contributed by atoms with van der Waals surface area (Å²) in [7, 11) is -3.47. The van der Waals surface area contributed by atoms with E-state index in [2.05, 4.69) is 68.8 Å². The van der Waals surface area contributed by atoms with Gasteiger partial charge in [-0.15, -0.1) is 0 Å². The number of nitrogens with zero attached hydrogens (tertiary/aromatic N) is 6. The van der Waals surface area contributed by atoms with Crippen LogP contribution in [0, 0.1) is 13.8 Å². The average Bonchev–Trinajstić information content (AvgIpc) is 2.91. The lowest BCUT2D eigenvalue weighted by Crippen LogP contribution is -2.64. The maximum atomic E-state index is 13.3. The van der Waals surface area contributed by atoms with Gasteiger partial charge in [0.15, 0.2) is 0 Å². The van der Waals surface area contributed by atoms with Gasteiger partial charge in [0.05, 0.1) is 11.9 Å². The first-order valence-corrected chi connectivity index (χ1v) is 16.8. The maximum absolute atomic E-state index is 13.3. The molecule has 1 aromatic carbocycles. The Hall–Kier alpha value is -3.61. The van der Waals surface area contributed by atoms with Crippen LogP contribution in [0.4, 0.5) is 17.5 Å². The van der Waals surface area contributed by atoms with E-state index in [1.807, 2.05) is 11.1 Å². The van der Waals surface area contributed by atoms with Gasteiger partial charge in [0.2, 0.25) is 16.0 Å². The van der Waals surface area contributed by atoms with Crippen LogP contribution in [0.3, 0.4) is 0 Å². The molecule has 2 N–H and O–H groups in total. The molecule has 11 nitrogen and oxygen atoms in total. The first kappa shape index (κ1) is 29.5. The molecule has 43 heavy (non-hydrogen) atoms. The third-order valence-corrected chi connectivity index (χ3v) is 9.35. The predicted octanol–water partition coefficient (Wildman–Crippen LogP) is 3.34. The molecular weight excluding hydrogens is 564 g/mol. The van der Waals surface area contributed by atoms with Crippen LogP contribution >= 0.6 is 0 Å². The Kier molecular flexibility index (Phi) is 8.10. The van der Waals surface area contributed by atoms with Gasteiger partial charge in [0.1, 0.15) is 5.82 Å². The Morgan fingerprint density at radius 1 is 1.00 bits per heavy atom. The number of fused-ring (bicyclic) bond motifs is 1. The van der Waals surface area contributed by atoms with Crippen molar-refractivity contribution < 1.29 is 13.2 Å². The molecule has 2 fully saturated rings. The van der Waals surface area contributed by atoms with E-state index in [-0.39, 0.29) is 17.8 Å². The highest BCUT2D eigenvalue weighted by Gasteiger charge is 2.40. The van der Waals surface area contributed by atoms with Crippen molar-refractivity contribution in [2.75, 3.05) is 42.5 Å². The topological polar surface area (TPSA) is 124 Å². The summed E-state index contributed by atoms with van der Waals surface area (Å²) >= 11 is 0. The van der Waals surface area contributed by atoms with Gasteiger partial charge in [0.25, 0.3) is 5.91 Å². The lowest BCUT2D eigenvalue weighted by Gasteiger charge is -2.52. The number of aromatic nitrogens is 3. The number of benzene rings is 1. The van der Waals surface area contributed by atoms with Crippen LogP contribution in [0.15, 0.2) is 42.7 Å². The number of hydrogen-bond acceptors (Lipinski definition) is 9. The van der Waals surface area contributed by atoms with Crippen molar-refractivity contribution in [2.45, 2.75) is 64.7 Å². The second-order valence-electron chi connectivity index (χ2n) is 12.3. The highest BCUT2D eigenvalue weighted by molar-refractivity contribution is 7.92. The van der Waals surface area contributed by atoms with Gasteiger partial charge in [-0.1, -0.05) is 6.07 Å². The summed E-state index contributed by atoms with van der Waals surface area (Å²) in [5.41, 5.74) is 6.23. The minimum atomic E-state index is -3.47. The molecule has 2 aromatic heterocycles. The van der Waals surface area contributed by atoms with Crippen LogP contribution in [-0.4, -0.2) is 94.5 Å². The van der Waals surface area contributed by atoms with E-state index in [1.54, 1.807) is 6.07 Å². The van der Waals surface area contributed by atoms with Crippen LogP contribution in [0.5, 0.6) is 0 Å². The van der Waals surface area contributed by atoms with Crippen molar-refractivity contribution in [3.05, 3.63) is 70.7 Å². The van der Waals surface area contributed by atoms with Crippen LogP contribution in [-0.2, 0) is 23.0 Å². The second kappa shape index (κ2) is 11.8. The van der Waals surface area contributed by atoms with Crippen molar-refractivity contribution in [3.8, 4) is 0 Å². The summed E-state index contributed by atoms with van der Waals surface area (Å²) in [6.07, 6.45) is 7.28. The van der Waals surface area contributed by atoms with Crippen LogP contribution < -0.4 is 10.0 Å². The summed E-state index contributed by atoms with van der Waals surface area (Å²) in [4.78, 5) is 33.8. The molecule has 0 bridgehead atoms. The number of amides is 1. The Morgan fingerprint density at radius 2 is 1.77 bits per heavy atom. The molecule has 6 rings (SSSR count). The lowest BCUT2D eigenvalue weighted by atomic mass is 9.91. The molecule has 0 radical (unpaired) electrons. The minimum Gasteiger partial charge on any atom is -0.336 e. The van der Waals surface area contributed by atoms with Gasteiger partial charge in [-0.2, -0.15) is 0 Å². The molecule has 228 valence electrons. The van der Waals surface area contributed by atoms with Gasteiger partial charge < -0.3 is 10.2 Å². The Balaban J connectivity index is 0.997. The van der Waals surface area contributed by atoms with E-state index in [0.29, 0.717) is 30.1 Å². The summed E-state index contributed by atoms with van der Waals surface area (Å²) in [6, 6.07) is 10.6. The number of likely N-dealkylation sites (tertiary alicyclic amines) is 2. The van der Waals surface area contributed by atoms with Crippen molar-refractivity contribution >= 4 is 33.4 Å². The van der Waals surface area contributed by atoms with Gasteiger partial charge in [-0.3, -0.25) is 19.3 Å². The number of hydrogen-bond donors (Lipinski definition) is 2. The fraction of sp³-hybridized carbons (Fsp3) is 0.484. The maximum Gasteiger partial charge on any atom is 0.254 e. The molecule has 5 heterocycles. The third-order valence-electron chi connectivity index (χ3n) is 8.77. The summed E-state index contributed by atoms with van der Waals surface area (Å²) in [6.45, 7) is 10.9. The molecule has 1 amide bonds. The van der Waals surface area contributed by atoms with Crippen molar-refractivity contribution in [3.63, 3.8) is 0 Å². The monoisotopic (exact) mass is 604 g/mol. The summed E-state index contributed by atoms with van der Waals surface area (Å²) in [5, 5.41) is 3.37. The zero-order valence-corrected chi connectivity index (χ0v) is 26.1. The largest absolute Gasteiger partial charge is 0.336 e. The number of piperidine rings is 1. The fourth-order valence-corrected chi connectivity index (χ4v) is 7.15. The van der Waals surface area contributed by atoms with Gasteiger partial charge in [-0.05, 0) is 69.0 Å². The Bertz CT molecular complexity index is 1600. The van der Waals surface area contributed by atoms with Gasteiger partial charge >= 0.3 is 0 Å². The minimum absolute atomic E-state index is 0.0899. The van der Waals surface area contributed by atoms with Crippen molar-refractivity contribution in [1.82, 2.24) is 29.7 Å². The highest BCUT2D eigenvalue weighted by atomic mass is 32.2. The zero-order chi connectivity index (χ0) is 30.3. The second-order valence-corrected chi connectivity index (χ2v) is 14.1.